The maximum absolute atomic E-state index is 8.58. The van der Waals surface area contributed by atoms with Gasteiger partial charge in [0, 0.05) is 31.5 Å². The first-order valence-electron chi connectivity index (χ1n) is 8.41. The van der Waals surface area contributed by atoms with Gasteiger partial charge in [-0.25, -0.2) is 15.0 Å². The number of hydrogen-bond donors (Lipinski definition) is 2. The van der Waals surface area contributed by atoms with Crippen LogP contribution in [-0.4, -0.2) is 49.9 Å². The van der Waals surface area contributed by atoms with Crippen molar-refractivity contribution < 1.29 is 4.79 Å². The van der Waals surface area contributed by atoms with Crippen LogP contribution in [0, 0.1) is 6.92 Å². The zero-order chi connectivity index (χ0) is 18.5. The van der Waals surface area contributed by atoms with Crippen LogP contribution in [0.25, 0.3) is 17.2 Å². The molecule has 3 aromatic heterocycles. The summed E-state index contributed by atoms with van der Waals surface area (Å²) in [4.78, 5) is 28.6. The van der Waals surface area contributed by atoms with Crippen LogP contribution in [0.1, 0.15) is 18.5 Å². The van der Waals surface area contributed by atoms with Crippen LogP contribution in [0.4, 0.5) is 5.82 Å². The van der Waals surface area contributed by atoms with Crippen LogP contribution in [0.3, 0.4) is 0 Å². The first-order valence-corrected chi connectivity index (χ1v) is 8.41. The third-order valence-corrected chi connectivity index (χ3v) is 4.18. The molecule has 1 amide bonds. The van der Waals surface area contributed by atoms with Crippen LogP contribution in [-0.2, 0) is 4.79 Å². The highest BCUT2D eigenvalue weighted by atomic mass is 16.1. The largest absolute Gasteiger partial charge is 0.372 e. The number of primary amides is 1. The highest BCUT2D eigenvalue weighted by molar-refractivity contribution is 5.58. The van der Waals surface area contributed by atoms with Gasteiger partial charge in [0.25, 0.3) is 0 Å². The number of imidazole rings is 1. The molecule has 0 spiro atoms. The second kappa shape index (κ2) is 7.87. The van der Waals surface area contributed by atoms with Gasteiger partial charge in [-0.05, 0) is 25.8 Å². The Morgan fingerprint density at radius 3 is 2.85 bits per heavy atom. The van der Waals surface area contributed by atoms with Gasteiger partial charge in [0.15, 0.2) is 11.5 Å². The molecule has 0 bridgehead atoms. The lowest BCUT2D eigenvalue weighted by Gasteiger charge is -2.31. The Balaban J connectivity index is 0.000000613. The summed E-state index contributed by atoms with van der Waals surface area (Å²) >= 11 is 0. The number of anilines is 1. The minimum atomic E-state index is 0.215. The fourth-order valence-electron chi connectivity index (χ4n) is 3.02. The summed E-state index contributed by atoms with van der Waals surface area (Å²) < 4.78 is 1.98. The fraction of sp³-hybridized carbons (Fsp3) is 0.353. The lowest BCUT2D eigenvalue weighted by atomic mass is 10.1. The molecule has 1 fully saturated rings. The van der Waals surface area contributed by atoms with Gasteiger partial charge in [0.2, 0.25) is 6.41 Å². The molecule has 136 valence electrons. The van der Waals surface area contributed by atoms with Gasteiger partial charge >= 0.3 is 0 Å². The van der Waals surface area contributed by atoms with E-state index in [1.54, 1.807) is 18.6 Å². The SMILES string of the molecule is Cc1cn2c(-c3nccc(N4CCCC(N)C4)n3)cnc2cn1.NC=O. The number of nitrogens with zero attached hydrogens (tertiary/aromatic N) is 6. The van der Waals surface area contributed by atoms with Gasteiger partial charge in [-0.1, -0.05) is 0 Å². The Kier molecular flexibility index (Phi) is 5.37. The van der Waals surface area contributed by atoms with Crippen LogP contribution in [0.15, 0.2) is 30.9 Å². The van der Waals surface area contributed by atoms with Crippen molar-refractivity contribution in [3.05, 3.63) is 36.5 Å². The Morgan fingerprint density at radius 1 is 1.27 bits per heavy atom. The molecule has 0 aliphatic carbocycles. The number of piperidine rings is 1. The third-order valence-electron chi connectivity index (χ3n) is 4.18. The summed E-state index contributed by atoms with van der Waals surface area (Å²) in [5.74, 6) is 1.59. The minimum absolute atomic E-state index is 0.215. The van der Waals surface area contributed by atoms with Gasteiger partial charge in [0.05, 0.1) is 18.1 Å². The number of nitrogens with two attached hydrogens (primary N) is 2. The van der Waals surface area contributed by atoms with Crippen LogP contribution in [0.5, 0.6) is 0 Å². The summed E-state index contributed by atoms with van der Waals surface area (Å²) in [6, 6.07) is 2.16. The van der Waals surface area contributed by atoms with Gasteiger partial charge in [-0.15, -0.1) is 0 Å². The number of aryl methyl sites for hydroxylation is 1. The molecule has 0 aromatic carbocycles. The van der Waals surface area contributed by atoms with Crippen molar-refractivity contribution in [1.29, 1.82) is 0 Å². The predicted octanol–water partition coefficient (Wildman–Crippen LogP) is 0.524. The number of rotatable bonds is 2. The van der Waals surface area contributed by atoms with E-state index in [1.807, 2.05) is 23.6 Å². The Bertz CT molecular complexity index is 893. The average Bonchev–Trinajstić information content (AvgIpc) is 3.05. The van der Waals surface area contributed by atoms with E-state index in [0.717, 1.165) is 48.8 Å². The van der Waals surface area contributed by atoms with Crippen molar-refractivity contribution in [3.8, 4) is 11.5 Å². The first-order chi connectivity index (χ1) is 12.6. The molecule has 9 heteroatoms. The zero-order valence-electron chi connectivity index (χ0n) is 14.6. The molecule has 9 nitrogen and oxygen atoms in total. The number of hydrogen-bond acceptors (Lipinski definition) is 7. The van der Waals surface area contributed by atoms with Gasteiger partial charge in [-0.2, -0.15) is 0 Å². The second-order valence-electron chi connectivity index (χ2n) is 6.12. The molecule has 3 aromatic rings. The molecule has 0 saturated carbocycles. The number of carbonyl (C=O) groups excluding carboxylic acids is 1. The van der Waals surface area contributed by atoms with E-state index in [4.69, 9.17) is 15.5 Å². The van der Waals surface area contributed by atoms with Crippen molar-refractivity contribution in [2.45, 2.75) is 25.8 Å². The molecule has 0 radical (unpaired) electrons. The number of amides is 1. The minimum Gasteiger partial charge on any atom is -0.372 e. The number of carbonyl (C=O) groups is 1. The summed E-state index contributed by atoms with van der Waals surface area (Å²) in [5, 5.41) is 0. The molecule has 26 heavy (non-hydrogen) atoms. The maximum atomic E-state index is 8.58. The van der Waals surface area contributed by atoms with E-state index in [-0.39, 0.29) is 12.5 Å². The quantitative estimate of drug-likeness (QED) is 0.642. The third kappa shape index (κ3) is 3.77. The smallest absolute Gasteiger partial charge is 0.204 e. The molecule has 4 rings (SSSR count). The van der Waals surface area contributed by atoms with E-state index in [2.05, 4.69) is 25.6 Å². The van der Waals surface area contributed by atoms with E-state index >= 15 is 0 Å². The predicted molar refractivity (Wildman–Crippen MR) is 98.4 cm³/mol. The van der Waals surface area contributed by atoms with Gasteiger partial charge in [-0.3, -0.25) is 14.2 Å². The molecule has 1 aliphatic heterocycles. The maximum Gasteiger partial charge on any atom is 0.204 e. The summed E-state index contributed by atoms with van der Waals surface area (Å²) in [7, 11) is 0. The molecular formula is C17H22N8O. The average molecular weight is 354 g/mol. The van der Waals surface area contributed by atoms with Crippen molar-refractivity contribution in [2.75, 3.05) is 18.0 Å². The molecule has 1 saturated heterocycles. The second-order valence-corrected chi connectivity index (χ2v) is 6.12. The lowest BCUT2D eigenvalue weighted by molar-refractivity contribution is -0.106. The standard InChI is InChI=1S/C16H19N7.CH3NO/c1-11-9-23-13(7-20-15(23)8-19-11)16-18-5-4-14(21-16)22-6-2-3-12(17)10-22;2-1-3/h4-5,7-9,12H,2-3,6,10,17H2,1H3;1H,(H2,2,3). The van der Waals surface area contributed by atoms with Gasteiger partial charge in [0.1, 0.15) is 11.5 Å². The molecule has 1 atom stereocenters. The van der Waals surface area contributed by atoms with E-state index in [9.17, 15) is 0 Å². The molecule has 4 N–H and O–H groups in total. The molecule has 1 aliphatic rings. The number of fused-ring (bicyclic) bond motifs is 1. The van der Waals surface area contributed by atoms with Crippen molar-refractivity contribution >= 4 is 17.9 Å². The summed E-state index contributed by atoms with van der Waals surface area (Å²) in [6.07, 6.45) is 9.72. The number of aromatic nitrogens is 5. The molecular weight excluding hydrogens is 332 g/mol. The van der Waals surface area contributed by atoms with Gasteiger partial charge < -0.3 is 16.4 Å². The highest BCUT2D eigenvalue weighted by Gasteiger charge is 2.19. The highest BCUT2D eigenvalue weighted by Crippen LogP contribution is 2.21. The normalized spacial score (nSPS) is 16.8. The van der Waals surface area contributed by atoms with Crippen molar-refractivity contribution in [1.82, 2.24) is 24.3 Å². The molecule has 1 unspecified atom stereocenters. The summed E-state index contributed by atoms with van der Waals surface area (Å²) in [5.41, 5.74) is 12.8. The monoisotopic (exact) mass is 354 g/mol. The van der Waals surface area contributed by atoms with E-state index in [1.165, 1.54) is 0 Å². The van der Waals surface area contributed by atoms with Crippen molar-refractivity contribution in [2.24, 2.45) is 11.5 Å². The van der Waals surface area contributed by atoms with E-state index in [0.29, 0.717) is 5.82 Å². The van der Waals surface area contributed by atoms with Crippen LogP contribution in [0.2, 0.25) is 0 Å². The Morgan fingerprint density at radius 2 is 2.08 bits per heavy atom. The Hall–Kier alpha value is -3.07. The zero-order valence-corrected chi connectivity index (χ0v) is 14.6. The summed E-state index contributed by atoms with van der Waals surface area (Å²) in [6.45, 7) is 3.78. The Labute approximate surface area is 151 Å². The van der Waals surface area contributed by atoms with Crippen LogP contribution >= 0.6 is 0 Å². The molecule has 4 heterocycles. The van der Waals surface area contributed by atoms with E-state index < -0.39 is 0 Å². The van der Waals surface area contributed by atoms with Crippen LogP contribution < -0.4 is 16.4 Å². The van der Waals surface area contributed by atoms with Crippen molar-refractivity contribution in [3.63, 3.8) is 0 Å². The fourth-order valence-corrected chi connectivity index (χ4v) is 3.02. The topological polar surface area (TPSA) is 128 Å². The first kappa shape index (κ1) is 17.7. The lowest BCUT2D eigenvalue weighted by Crippen LogP contribution is -2.43.